The van der Waals surface area contributed by atoms with Crippen molar-refractivity contribution in [1.82, 2.24) is 14.5 Å². The first-order chi connectivity index (χ1) is 13.9. The highest BCUT2D eigenvalue weighted by Crippen LogP contribution is 2.29. The molecule has 0 atom stereocenters. The molecule has 0 bridgehead atoms. The Morgan fingerprint density at radius 3 is 2.69 bits per heavy atom. The highest BCUT2D eigenvalue weighted by molar-refractivity contribution is 7.20. The van der Waals surface area contributed by atoms with Crippen molar-refractivity contribution >= 4 is 56.5 Å². The molecule has 9 heteroatoms. The van der Waals surface area contributed by atoms with Gasteiger partial charge in [0, 0.05) is 6.20 Å². The second-order valence-corrected chi connectivity index (χ2v) is 8.18. The van der Waals surface area contributed by atoms with Crippen LogP contribution in [0.15, 0.2) is 53.7 Å². The average Bonchev–Trinajstić information content (AvgIpc) is 3.04. The zero-order valence-corrected chi connectivity index (χ0v) is 17.5. The molecule has 0 saturated carbocycles. The van der Waals surface area contributed by atoms with E-state index in [0.717, 1.165) is 16.9 Å². The summed E-state index contributed by atoms with van der Waals surface area (Å²) >= 11 is 13.1. The van der Waals surface area contributed by atoms with E-state index in [1.807, 2.05) is 30.3 Å². The Kier molecular flexibility index (Phi) is 5.36. The number of carbonyl (C=O) groups is 1. The lowest BCUT2D eigenvalue weighted by Crippen LogP contribution is -2.21. The van der Waals surface area contributed by atoms with Gasteiger partial charge in [-0.2, -0.15) is 0 Å². The fourth-order valence-corrected chi connectivity index (χ4v) is 4.40. The van der Waals surface area contributed by atoms with Crippen molar-refractivity contribution in [2.24, 2.45) is 0 Å². The van der Waals surface area contributed by atoms with Gasteiger partial charge in [0.15, 0.2) is 5.82 Å². The zero-order valence-electron chi connectivity index (χ0n) is 15.1. The van der Waals surface area contributed by atoms with Gasteiger partial charge in [0.1, 0.15) is 4.83 Å². The molecule has 0 radical (unpaired) electrons. The molecule has 0 aliphatic rings. The van der Waals surface area contributed by atoms with Crippen molar-refractivity contribution in [2.45, 2.75) is 13.5 Å². The smallest absolute Gasteiger partial charge is 0.267 e. The van der Waals surface area contributed by atoms with Crippen LogP contribution in [0, 0.1) is 6.92 Å². The third-order valence-electron chi connectivity index (χ3n) is 4.36. The summed E-state index contributed by atoms with van der Waals surface area (Å²) in [4.78, 5) is 35.1. The Bertz CT molecular complexity index is 1290. The fraction of sp³-hybridized carbons (Fsp3) is 0.100. The molecule has 29 heavy (non-hydrogen) atoms. The summed E-state index contributed by atoms with van der Waals surface area (Å²) in [6.07, 6.45) is 2.90. The molecule has 1 amide bonds. The van der Waals surface area contributed by atoms with Crippen LogP contribution >= 0.6 is 34.5 Å². The van der Waals surface area contributed by atoms with E-state index in [2.05, 4.69) is 15.3 Å². The monoisotopic (exact) mass is 444 g/mol. The maximum atomic E-state index is 13.0. The summed E-state index contributed by atoms with van der Waals surface area (Å²) < 4.78 is 1.54. The van der Waals surface area contributed by atoms with Crippen molar-refractivity contribution in [1.29, 1.82) is 0 Å². The normalized spacial score (nSPS) is 11.0. The van der Waals surface area contributed by atoms with Crippen molar-refractivity contribution in [3.8, 4) is 0 Å². The maximum absolute atomic E-state index is 13.0. The summed E-state index contributed by atoms with van der Waals surface area (Å²) in [5, 5.41) is 3.70. The summed E-state index contributed by atoms with van der Waals surface area (Å²) in [7, 11) is 0. The van der Waals surface area contributed by atoms with Crippen molar-refractivity contribution in [2.75, 3.05) is 5.32 Å². The molecule has 1 N–H and O–H groups in total. The van der Waals surface area contributed by atoms with E-state index in [9.17, 15) is 9.59 Å². The Morgan fingerprint density at radius 2 is 1.97 bits per heavy atom. The predicted molar refractivity (Wildman–Crippen MR) is 116 cm³/mol. The predicted octanol–water partition coefficient (Wildman–Crippen LogP) is 4.77. The first-order valence-electron chi connectivity index (χ1n) is 8.59. The van der Waals surface area contributed by atoms with Crippen LogP contribution in [0.3, 0.4) is 0 Å². The molecule has 1 aromatic carbocycles. The quantitative estimate of drug-likeness (QED) is 0.491. The molecular formula is C20H14Cl2N4O2S. The number of rotatable bonds is 4. The number of hydrogen-bond donors (Lipinski definition) is 1. The number of aryl methyl sites for hydroxylation is 1. The highest BCUT2D eigenvalue weighted by Gasteiger charge is 2.20. The first-order valence-corrected chi connectivity index (χ1v) is 10.2. The van der Waals surface area contributed by atoms with Crippen molar-refractivity contribution in [3.05, 3.63) is 85.3 Å². The van der Waals surface area contributed by atoms with Crippen LogP contribution in [0.4, 0.5) is 5.82 Å². The molecule has 6 nitrogen and oxygen atoms in total. The van der Waals surface area contributed by atoms with Crippen LogP contribution in [-0.2, 0) is 6.54 Å². The Labute approximate surface area is 179 Å². The lowest BCUT2D eigenvalue weighted by molar-refractivity contribution is 0.102. The topological polar surface area (TPSA) is 76.9 Å². The number of benzene rings is 1. The summed E-state index contributed by atoms with van der Waals surface area (Å²) in [6.45, 7) is 2.14. The Balaban J connectivity index is 1.69. The van der Waals surface area contributed by atoms with Crippen LogP contribution < -0.4 is 10.9 Å². The van der Waals surface area contributed by atoms with Crippen LogP contribution in [0.25, 0.3) is 10.2 Å². The summed E-state index contributed by atoms with van der Waals surface area (Å²) in [5.74, 6) is -0.205. The van der Waals surface area contributed by atoms with Crippen molar-refractivity contribution in [3.63, 3.8) is 0 Å². The van der Waals surface area contributed by atoms with Gasteiger partial charge >= 0.3 is 0 Å². The molecule has 0 aliphatic carbocycles. The molecule has 0 spiro atoms. The summed E-state index contributed by atoms with van der Waals surface area (Å²) in [5.41, 5.74) is 1.38. The van der Waals surface area contributed by atoms with E-state index < -0.39 is 5.91 Å². The lowest BCUT2D eigenvalue weighted by Gasteiger charge is -2.06. The van der Waals surface area contributed by atoms with Gasteiger partial charge in [-0.05, 0) is 24.1 Å². The SMILES string of the molecule is Cc1c(C(=O)Nc2ncc(Cl)cc2Cl)sc2ncn(Cc3ccccc3)c(=O)c12. The molecule has 0 saturated heterocycles. The van der Waals surface area contributed by atoms with Gasteiger partial charge in [-0.3, -0.25) is 14.2 Å². The Hall–Kier alpha value is -2.74. The van der Waals surface area contributed by atoms with Crippen LogP contribution in [0.5, 0.6) is 0 Å². The van der Waals surface area contributed by atoms with Crippen LogP contribution in [0.1, 0.15) is 20.8 Å². The van der Waals surface area contributed by atoms with Gasteiger partial charge in [0.25, 0.3) is 11.5 Å². The molecule has 4 rings (SSSR count). The number of fused-ring (bicyclic) bond motifs is 1. The number of hydrogen-bond acceptors (Lipinski definition) is 5. The number of aromatic nitrogens is 3. The summed E-state index contributed by atoms with van der Waals surface area (Å²) in [6, 6.07) is 11.1. The molecule has 146 valence electrons. The lowest BCUT2D eigenvalue weighted by atomic mass is 10.2. The van der Waals surface area contributed by atoms with Gasteiger partial charge in [0.2, 0.25) is 0 Å². The standard InChI is InChI=1S/C20H14Cl2N4O2S/c1-11-15-19(24-10-26(20(15)28)9-12-5-3-2-4-6-12)29-16(11)18(27)25-17-14(22)7-13(21)8-23-17/h2-8,10H,9H2,1H3,(H,23,25,27). The van der Waals surface area contributed by atoms with E-state index in [0.29, 0.717) is 32.2 Å². The number of carbonyl (C=O) groups excluding carboxylic acids is 1. The van der Waals surface area contributed by atoms with Crippen LogP contribution in [-0.4, -0.2) is 20.4 Å². The second kappa shape index (κ2) is 7.94. The van der Waals surface area contributed by atoms with E-state index >= 15 is 0 Å². The number of pyridine rings is 1. The third kappa shape index (κ3) is 3.89. The fourth-order valence-electron chi connectivity index (χ4n) is 2.94. The van der Waals surface area contributed by atoms with Gasteiger partial charge < -0.3 is 5.32 Å². The number of nitrogens with one attached hydrogen (secondary N) is 1. The number of nitrogens with zero attached hydrogens (tertiary/aromatic N) is 3. The maximum Gasteiger partial charge on any atom is 0.267 e. The van der Waals surface area contributed by atoms with Gasteiger partial charge in [-0.1, -0.05) is 53.5 Å². The molecule has 3 aromatic heterocycles. The van der Waals surface area contributed by atoms with E-state index in [-0.39, 0.29) is 16.4 Å². The number of halogens is 2. The molecule has 0 aliphatic heterocycles. The number of amides is 1. The average molecular weight is 445 g/mol. The largest absolute Gasteiger partial charge is 0.305 e. The van der Waals surface area contributed by atoms with E-state index in [1.165, 1.54) is 23.2 Å². The first kappa shape index (κ1) is 19.6. The number of thiophene rings is 1. The van der Waals surface area contributed by atoms with Crippen molar-refractivity contribution < 1.29 is 4.79 Å². The Morgan fingerprint density at radius 1 is 1.21 bits per heavy atom. The third-order valence-corrected chi connectivity index (χ3v) is 6.05. The van der Waals surface area contributed by atoms with Gasteiger partial charge in [0.05, 0.1) is 33.2 Å². The second-order valence-electron chi connectivity index (χ2n) is 6.34. The van der Waals surface area contributed by atoms with Gasteiger partial charge in [-0.25, -0.2) is 9.97 Å². The van der Waals surface area contributed by atoms with Gasteiger partial charge in [-0.15, -0.1) is 11.3 Å². The number of anilines is 1. The van der Waals surface area contributed by atoms with Crippen LogP contribution in [0.2, 0.25) is 10.0 Å². The highest BCUT2D eigenvalue weighted by atomic mass is 35.5. The molecule has 3 heterocycles. The molecule has 0 unspecified atom stereocenters. The minimum atomic E-state index is -0.406. The van der Waals surface area contributed by atoms with E-state index in [4.69, 9.17) is 23.2 Å². The molecule has 0 fully saturated rings. The molecule has 4 aromatic rings. The molecular weight excluding hydrogens is 431 g/mol. The zero-order chi connectivity index (χ0) is 20.5. The van der Waals surface area contributed by atoms with E-state index in [1.54, 1.807) is 6.92 Å². The minimum absolute atomic E-state index is 0.186. The minimum Gasteiger partial charge on any atom is -0.305 e.